The van der Waals surface area contributed by atoms with Crippen LogP contribution in [0.5, 0.6) is 0 Å². The number of hydrogen-bond acceptors (Lipinski definition) is 3. The predicted molar refractivity (Wildman–Crippen MR) is 71.6 cm³/mol. The number of carbonyl (C=O) groups excluding carboxylic acids is 1. The monoisotopic (exact) mass is 261 g/mol. The van der Waals surface area contributed by atoms with Gasteiger partial charge in [-0.25, -0.2) is 4.39 Å². The van der Waals surface area contributed by atoms with Crippen molar-refractivity contribution in [3.8, 4) is 6.07 Å². The van der Waals surface area contributed by atoms with E-state index in [-0.39, 0.29) is 5.57 Å². The number of carbonyl (C=O) groups is 1. The first kappa shape index (κ1) is 14.7. The van der Waals surface area contributed by atoms with E-state index in [0.717, 1.165) is 0 Å². The Kier molecular flexibility index (Phi) is 4.65. The van der Waals surface area contributed by atoms with Gasteiger partial charge in [0.25, 0.3) is 5.91 Å². The van der Waals surface area contributed by atoms with Gasteiger partial charge in [0.15, 0.2) is 0 Å². The van der Waals surface area contributed by atoms with Crippen molar-refractivity contribution in [3.05, 3.63) is 41.9 Å². The molecule has 0 aliphatic heterocycles. The molecular weight excluding hydrogens is 245 g/mol. The van der Waals surface area contributed by atoms with Crippen LogP contribution in [0.15, 0.2) is 36.0 Å². The molecule has 1 amide bonds. The Bertz CT molecular complexity index is 538. The zero-order valence-corrected chi connectivity index (χ0v) is 11.1. The van der Waals surface area contributed by atoms with E-state index in [1.165, 1.54) is 24.4 Å². The summed E-state index contributed by atoms with van der Waals surface area (Å²) in [6.45, 7) is 5.46. The summed E-state index contributed by atoms with van der Waals surface area (Å²) in [5, 5.41) is 14.3. The number of rotatable bonds is 3. The average Bonchev–Trinajstić information content (AvgIpc) is 2.27. The average molecular weight is 261 g/mol. The summed E-state index contributed by atoms with van der Waals surface area (Å²) >= 11 is 0. The van der Waals surface area contributed by atoms with Crippen molar-refractivity contribution >= 4 is 11.6 Å². The first-order valence-electron chi connectivity index (χ1n) is 5.77. The molecule has 0 unspecified atom stereocenters. The van der Waals surface area contributed by atoms with Gasteiger partial charge >= 0.3 is 0 Å². The lowest BCUT2D eigenvalue weighted by atomic mass is 10.1. The van der Waals surface area contributed by atoms with Gasteiger partial charge in [0.2, 0.25) is 0 Å². The number of benzene rings is 1. The Balaban J connectivity index is 2.78. The van der Waals surface area contributed by atoms with Crippen molar-refractivity contribution in [3.63, 3.8) is 0 Å². The zero-order valence-electron chi connectivity index (χ0n) is 11.1. The molecular formula is C14H16FN3O. The first-order valence-corrected chi connectivity index (χ1v) is 5.77. The van der Waals surface area contributed by atoms with E-state index in [1.54, 1.807) is 12.1 Å². The maximum atomic E-state index is 12.9. The van der Waals surface area contributed by atoms with Gasteiger partial charge in [-0.1, -0.05) is 6.07 Å². The highest BCUT2D eigenvalue weighted by atomic mass is 19.1. The summed E-state index contributed by atoms with van der Waals surface area (Å²) in [6, 6.07) is 7.55. The van der Waals surface area contributed by atoms with Gasteiger partial charge in [-0.15, -0.1) is 0 Å². The van der Waals surface area contributed by atoms with Gasteiger partial charge in [-0.2, -0.15) is 5.26 Å². The van der Waals surface area contributed by atoms with Crippen molar-refractivity contribution in [1.82, 2.24) is 5.32 Å². The van der Waals surface area contributed by atoms with Crippen molar-refractivity contribution in [2.45, 2.75) is 26.3 Å². The maximum Gasteiger partial charge on any atom is 0.263 e. The van der Waals surface area contributed by atoms with Crippen molar-refractivity contribution < 1.29 is 9.18 Å². The number of hydrogen-bond donors (Lipinski definition) is 2. The molecule has 0 aromatic heterocycles. The number of nitrogens with one attached hydrogen (secondary N) is 2. The van der Waals surface area contributed by atoms with Gasteiger partial charge in [-0.3, -0.25) is 4.79 Å². The Labute approximate surface area is 111 Å². The Morgan fingerprint density at radius 3 is 2.63 bits per heavy atom. The number of amides is 1. The summed E-state index contributed by atoms with van der Waals surface area (Å²) < 4.78 is 12.9. The standard InChI is InChI=1S/C14H16FN3O/c1-14(2,3)18-13(19)10(8-16)9-17-12-6-4-5-11(15)7-12/h4-7,9,17H,1-3H3,(H,18,19)/b10-9-. The summed E-state index contributed by atoms with van der Waals surface area (Å²) in [5.74, 6) is -0.866. The molecule has 0 aliphatic rings. The molecule has 0 radical (unpaired) electrons. The van der Waals surface area contributed by atoms with Crippen molar-refractivity contribution in [1.29, 1.82) is 5.26 Å². The van der Waals surface area contributed by atoms with E-state index < -0.39 is 17.3 Å². The van der Waals surface area contributed by atoms with Gasteiger partial charge in [-0.05, 0) is 39.0 Å². The molecule has 0 spiro atoms. The largest absolute Gasteiger partial charge is 0.360 e. The first-order chi connectivity index (χ1) is 8.81. The molecule has 0 saturated heterocycles. The summed E-state index contributed by atoms with van der Waals surface area (Å²) in [4.78, 5) is 11.8. The molecule has 0 atom stereocenters. The second-order valence-electron chi connectivity index (χ2n) is 5.03. The molecule has 100 valence electrons. The molecule has 5 heteroatoms. The highest BCUT2D eigenvalue weighted by Crippen LogP contribution is 2.10. The highest BCUT2D eigenvalue weighted by molar-refractivity contribution is 5.97. The van der Waals surface area contributed by atoms with Crippen LogP contribution >= 0.6 is 0 Å². The Hall–Kier alpha value is -2.35. The van der Waals surface area contributed by atoms with Crippen LogP contribution in [0.2, 0.25) is 0 Å². The minimum absolute atomic E-state index is 0.0702. The van der Waals surface area contributed by atoms with Crippen LogP contribution in [0.4, 0.5) is 10.1 Å². The van der Waals surface area contributed by atoms with E-state index >= 15 is 0 Å². The molecule has 0 aliphatic carbocycles. The number of anilines is 1. The number of nitriles is 1. The lowest BCUT2D eigenvalue weighted by molar-refractivity contribution is -0.118. The maximum absolute atomic E-state index is 12.9. The van der Waals surface area contributed by atoms with Gasteiger partial charge in [0.05, 0.1) is 0 Å². The minimum atomic E-state index is -0.473. The molecule has 4 nitrogen and oxygen atoms in total. The van der Waals surface area contributed by atoms with Gasteiger partial charge in [0.1, 0.15) is 17.5 Å². The smallest absolute Gasteiger partial charge is 0.263 e. The second kappa shape index (κ2) is 6.01. The van der Waals surface area contributed by atoms with Crippen molar-refractivity contribution in [2.75, 3.05) is 5.32 Å². The molecule has 0 fully saturated rings. The van der Waals surface area contributed by atoms with E-state index in [4.69, 9.17) is 5.26 Å². The molecule has 0 heterocycles. The van der Waals surface area contributed by atoms with Gasteiger partial charge in [0, 0.05) is 17.4 Å². The van der Waals surface area contributed by atoms with Crippen LogP contribution in [-0.4, -0.2) is 11.4 Å². The quantitative estimate of drug-likeness (QED) is 0.649. The second-order valence-corrected chi connectivity index (χ2v) is 5.03. The molecule has 1 rings (SSSR count). The lowest BCUT2D eigenvalue weighted by Crippen LogP contribution is -2.41. The van der Waals surface area contributed by atoms with E-state index in [9.17, 15) is 9.18 Å². The topological polar surface area (TPSA) is 64.9 Å². The highest BCUT2D eigenvalue weighted by Gasteiger charge is 2.16. The van der Waals surface area contributed by atoms with Crippen LogP contribution in [0.25, 0.3) is 0 Å². The molecule has 2 N–H and O–H groups in total. The van der Waals surface area contributed by atoms with Crippen LogP contribution in [-0.2, 0) is 4.79 Å². The summed E-state index contributed by atoms with van der Waals surface area (Å²) in [5.41, 5.74) is -0.0261. The number of nitrogens with zero attached hydrogens (tertiary/aromatic N) is 1. The van der Waals surface area contributed by atoms with Crippen LogP contribution in [0.3, 0.4) is 0 Å². The molecule has 1 aromatic rings. The molecule has 19 heavy (non-hydrogen) atoms. The Morgan fingerprint density at radius 2 is 2.11 bits per heavy atom. The molecule has 0 saturated carbocycles. The minimum Gasteiger partial charge on any atom is -0.360 e. The van der Waals surface area contributed by atoms with Crippen LogP contribution in [0, 0.1) is 17.1 Å². The van der Waals surface area contributed by atoms with E-state index in [2.05, 4.69) is 10.6 Å². The van der Waals surface area contributed by atoms with Gasteiger partial charge < -0.3 is 10.6 Å². The van der Waals surface area contributed by atoms with Crippen molar-refractivity contribution in [2.24, 2.45) is 0 Å². The van der Waals surface area contributed by atoms with E-state index in [0.29, 0.717) is 5.69 Å². The third kappa shape index (κ3) is 5.21. The number of halogens is 1. The SMILES string of the molecule is CC(C)(C)NC(=O)/C(C#N)=C\Nc1cccc(F)c1. The van der Waals surface area contributed by atoms with Crippen LogP contribution in [0.1, 0.15) is 20.8 Å². The normalized spacial score (nSPS) is 11.6. The fourth-order valence-corrected chi connectivity index (χ4v) is 1.29. The fraction of sp³-hybridized carbons (Fsp3) is 0.286. The predicted octanol–water partition coefficient (Wildman–Crippen LogP) is 2.56. The van der Waals surface area contributed by atoms with E-state index in [1.807, 2.05) is 20.8 Å². The summed E-state index contributed by atoms with van der Waals surface area (Å²) in [7, 11) is 0. The lowest BCUT2D eigenvalue weighted by Gasteiger charge is -2.20. The van der Waals surface area contributed by atoms with Crippen LogP contribution < -0.4 is 10.6 Å². The zero-order chi connectivity index (χ0) is 14.5. The molecule has 1 aromatic carbocycles. The molecule has 0 bridgehead atoms. The summed E-state index contributed by atoms with van der Waals surface area (Å²) in [6.07, 6.45) is 1.26. The fourth-order valence-electron chi connectivity index (χ4n) is 1.29. The third-order valence-corrected chi connectivity index (χ3v) is 2.06. The third-order valence-electron chi connectivity index (χ3n) is 2.06. The Morgan fingerprint density at radius 1 is 1.42 bits per heavy atom.